The number of nitrogens with two attached hydrogens (primary N) is 1. The molecule has 18 heavy (non-hydrogen) atoms. The fraction of sp³-hybridized carbons (Fsp3) is 0.500. The van der Waals surface area contributed by atoms with Gasteiger partial charge in [-0.15, -0.1) is 0 Å². The minimum Gasteiger partial charge on any atom is -0.384 e. The Labute approximate surface area is 113 Å². The number of nitrogens with zero attached hydrogens (tertiary/aromatic N) is 1. The van der Waals surface area contributed by atoms with Gasteiger partial charge in [-0.1, -0.05) is 18.5 Å². The molecule has 3 N–H and O–H groups in total. The smallest absolute Gasteiger partial charge is 0.124 e. The standard InChI is InChI=1S/C14H20ClN3/c1-2-11-5-3-4-8-18(11)13-9-10(15)6-7-12(13)14(16)17/h6-7,9,11H,2-5,8H2,1H3,(H3,16,17). The lowest BCUT2D eigenvalue weighted by atomic mass is 9.98. The van der Waals surface area contributed by atoms with Crippen LogP contribution in [-0.2, 0) is 0 Å². The van der Waals surface area contributed by atoms with Crippen LogP contribution in [0.25, 0.3) is 0 Å². The molecule has 1 aliphatic heterocycles. The number of amidine groups is 1. The van der Waals surface area contributed by atoms with Gasteiger partial charge in [0.15, 0.2) is 0 Å². The third-order valence-corrected chi connectivity index (χ3v) is 3.89. The third-order valence-electron chi connectivity index (χ3n) is 3.66. The number of piperidine rings is 1. The second kappa shape index (κ2) is 5.61. The van der Waals surface area contributed by atoms with E-state index < -0.39 is 0 Å². The lowest BCUT2D eigenvalue weighted by molar-refractivity contribution is 0.450. The van der Waals surface area contributed by atoms with Crippen molar-refractivity contribution in [3.05, 3.63) is 28.8 Å². The van der Waals surface area contributed by atoms with E-state index >= 15 is 0 Å². The average molecular weight is 266 g/mol. The topological polar surface area (TPSA) is 53.1 Å². The first-order valence-electron chi connectivity index (χ1n) is 6.54. The van der Waals surface area contributed by atoms with Crippen molar-refractivity contribution in [2.24, 2.45) is 5.73 Å². The zero-order valence-corrected chi connectivity index (χ0v) is 11.5. The Morgan fingerprint density at radius 1 is 1.50 bits per heavy atom. The largest absolute Gasteiger partial charge is 0.384 e. The zero-order valence-electron chi connectivity index (χ0n) is 10.7. The Hall–Kier alpha value is -1.22. The van der Waals surface area contributed by atoms with Gasteiger partial charge in [0.25, 0.3) is 0 Å². The normalized spacial score (nSPS) is 19.9. The number of rotatable bonds is 3. The van der Waals surface area contributed by atoms with Gasteiger partial charge in [-0.05, 0) is 43.9 Å². The number of nitrogens with one attached hydrogen (secondary N) is 1. The molecule has 1 atom stereocenters. The quantitative estimate of drug-likeness (QED) is 0.650. The van der Waals surface area contributed by atoms with E-state index in [1.807, 2.05) is 12.1 Å². The lowest BCUT2D eigenvalue weighted by Crippen LogP contribution is -2.40. The molecule has 1 heterocycles. The van der Waals surface area contributed by atoms with Crippen LogP contribution in [0.3, 0.4) is 0 Å². The fourth-order valence-electron chi connectivity index (χ4n) is 2.71. The highest BCUT2D eigenvalue weighted by Crippen LogP contribution is 2.31. The van der Waals surface area contributed by atoms with Crippen molar-refractivity contribution in [1.82, 2.24) is 0 Å². The van der Waals surface area contributed by atoms with Gasteiger partial charge in [-0.2, -0.15) is 0 Å². The summed E-state index contributed by atoms with van der Waals surface area (Å²) in [7, 11) is 0. The third kappa shape index (κ3) is 2.61. The minimum absolute atomic E-state index is 0.113. The van der Waals surface area contributed by atoms with Crippen LogP contribution in [0.5, 0.6) is 0 Å². The summed E-state index contributed by atoms with van der Waals surface area (Å²) in [6.45, 7) is 3.24. The van der Waals surface area contributed by atoms with Gasteiger partial charge in [0, 0.05) is 28.9 Å². The van der Waals surface area contributed by atoms with E-state index in [0.717, 1.165) is 24.2 Å². The Kier molecular flexibility index (Phi) is 4.12. The first-order chi connectivity index (χ1) is 8.63. The van der Waals surface area contributed by atoms with Gasteiger partial charge in [0.1, 0.15) is 5.84 Å². The van der Waals surface area contributed by atoms with E-state index in [9.17, 15) is 0 Å². The summed E-state index contributed by atoms with van der Waals surface area (Å²) in [5, 5.41) is 8.40. The molecule has 0 saturated carbocycles. The predicted octanol–water partition coefficient (Wildman–Crippen LogP) is 3.39. The van der Waals surface area contributed by atoms with Crippen LogP contribution in [0.15, 0.2) is 18.2 Å². The Balaban J connectivity index is 2.41. The molecular formula is C14H20ClN3. The lowest BCUT2D eigenvalue weighted by Gasteiger charge is -2.38. The van der Waals surface area contributed by atoms with Gasteiger partial charge in [-0.25, -0.2) is 0 Å². The predicted molar refractivity (Wildman–Crippen MR) is 77.7 cm³/mol. The average Bonchev–Trinajstić information content (AvgIpc) is 2.38. The van der Waals surface area contributed by atoms with Crippen molar-refractivity contribution in [2.45, 2.75) is 38.6 Å². The maximum absolute atomic E-state index is 7.70. The van der Waals surface area contributed by atoms with Gasteiger partial charge >= 0.3 is 0 Å². The summed E-state index contributed by atoms with van der Waals surface area (Å²) >= 11 is 6.09. The number of anilines is 1. The van der Waals surface area contributed by atoms with Gasteiger partial charge in [0.05, 0.1) is 0 Å². The molecular weight excluding hydrogens is 246 g/mol. The van der Waals surface area contributed by atoms with Crippen LogP contribution in [0.1, 0.15) is 38.2 Å². The molecule has 0 aromatic heterocycles. The second-order valence-corrected chi connectivity index (χ2v) is 5.26. The molecule has 0 aliphatic carbocycles. The molecule has 3 nitrogen and oxygen atoms in total. The van der Waals surface area contributed by atoms with Crippen molar-refractivity contribution in [3.8, 4) is 0 Å². The number of hydrogen-bond acceptors (Lipinski definition) is 2. The highest BCUT2D eigenvalue weighted by molar-refractivity contribution is 6.31. The monoisotopic (exact) mass is 265 g/mol. The van der Waals surface area contributed by atoms with Crippen LogP contribution >= 0.6 is 11.6 Å². The highest BCUT2D eigenvalue weighted by Gasteiger charge is 2.23. The van der Waals surface area contributed by atoms with Crippen LogP contribution in [0.4, 0.5) is 5.69 Å². The molecule has 1 fully saturated rings. The first kappa shape index (κ1) is 13.2. The summed E-state index contributed by atoms with van der Waals surface area (Å²) in [5.41, 5.74) is 7.48. The summed E-state index contributed by atoms with van der Waals surface area (Å²) in [5.74, 6) is 0.113. The molecule has 0 amide bonds. The zero-order chi connectivity index (χ0) is 13.1. The number of halogens is 1. The molecule has 0 spiro atoms. The van der Waals surface area contributed by atoms with Gasteiger partial charge < -0.3 is 10.6 Å². The Morgan fingerprint density at radius 2 is 2.28 bits per heavy atom. The maximum Gasteiger partial charge on any atom is 0.124 e. The molecule has 4 heteroatoms. The van der Waals surface area contributed by atoms with Crippen molar-refractivity contribution < 1.29 is 0 Å². The van der Waals surface area contributed by atoms with Crippen LogP contribution in [0, 0.1) is 5.41 Å². The second-order valence-electron chi connectivity index (χ2n) is 4.83. The number of benzene rings is 1. The fourth-order valence-corrected chi connectivity index (χ4v) is 2.88. The van der Waals surface area contributed by atoms with Gasteiger partial charge in [-0.3, -0.25) is 5.41 Å². The first-order valence-corrected chi connectivity index (χ1v) is 6.92. The number of nitrogen functional groups attached to an aromatic ring is 1. The van der Waals surface area contributed by atoms with Crippen molar-refractivity contribution >= 4 is 23.1 Å². The van der Waals surface area contributed by atoms with Crippen molar-refractivity contribution in [3.63, 3.8) is 0 Å². The van der Waals surface area contributed by atoms with Crippen LogP contribution in [-0.4, -0.2) is 18.4 Å². The maximum atomic E-state index is 7.70. The summed E-state index contributed by atoms with van der Waals surface area (Å²) in [6.07, 6.45) is 4.80. The summed E-state index contributed by atoms with van der Waals surface area (Å²) < 4.78 is 0. The number of hydrogen-bond donors (Lipinski definition) is 2. The van der Waals surface area contributed by atoms with E-state index in [4.69, 9.17) is 22.7 Å². The molecule has 1 unspecified atom stereocenters. The van der Waals surface area contributed by atoms with Crippen molar-refractivity contribution in [1.29, 1.82) is 5.41 Å². The molecule has 2 rings (SSSR count). The van der Waals surface area contributed by atoms with Crippen LogP contribution in [0.2, 0.25) is 5.02 Å². The summed E-state index contributed by atoms with van der Waals surface area (Å²) in [4.78, 5) is 2.37. The molecule has 0 radical (unpaired) electrons. The van der Waals surface area contributed by atoms with E-state index in [2.05, 4.69) is 11.8 Å². The molecule has 1 aromatic rings. The Morgan fingerprint density at radius 3 is 2.94 bits per heavy atom. The van der Waals surface area contributed by atoms with Crippen molar-refractivity contribution in [2.75, 3.05) is 11.4 Å². The Bertz CT molecular complexity index is 445. The minimum atomic E-state index is 0.113. The SMILES string of the molecule is CCC1CCCCN1c1cc(Cl)ccc1C(=N)N. The molecule has 1 aliphatic rings. The molecule has 98 valence electrons. The molecule has 1 saturated heterocycles. The molecule has 0 bridgehead atoms. The van der Waals surface area contributed by atoms with E-state index in [1.165, 1.54) is 19.3 Å². The van der Waals surface area contributed by atoms with E-state index in [1.54, 1.807) is 6.07 Å². The summed E-state index contributed by atoms with van der Waals surface area (Å²) in [6, 6.07) is 6.12. The van der Waals surface area contributed by atoms with Crippen LogP contribution < -0.4 is 10.6 Å². The van der Waals surface area contributed by atoms with E-state index in [-0.39, 0.29) is 5.84 Å². The molecule has 1 aromatic carbocycles. The van der Waals surface area contributed by atoms with E-state index in [0.29, 0.717) is 11.1 Å². The van der Waals surface area contributed by atoms with Gasteiger partial charge in [0.2, 0.25) is 0 Å². The highest BCUT2D eigenvalue weighted by atomic mass is 35.5.